The Balaban J connectivity index is 1.87. The van der Waals surface area contributed by atoms with E-state index in [1.54, 1.807) is 11.3 Å². The number of thiazole rings is 1. The first-order valence-corrected chi connectivity index (χ1v) is 7.69. The zero-order valence-corrected chi connectivity index (χ0v) is 11.9. The molecule has 1 aliphatic heterocycles. The number of aliphatic hydroxyl groups is 1. The number of hydrogen-bond donors (Lipinski definition) is 2. The SMILES string of the molecule is CCc1nc(CN(CCO)CC2CCCN2)cs1. The predicted molar refractivity (Wildman–Crippen MR) is 74.9 cm³/mol. The van der Waals surface area contributed by atoms with Crippen molar-refractivity contribution in [1.29, 1.82) is 0 Å². The van der Waals surface area contributed by atoms with Crippen molar-refractivity contribution in [3.63, 3.8) is 0 Å². The van der Waals surface area contributed by atoms with E-state index in [2.05, 4.69) is 27.5 Å². The Morgan fingerprint density at radius 2 is 2.50 bits per heavy atom. The van der Waals surface area contributed by atoms with Crippen molar-refractivity contribution < 1.29 is 5.11 Å². The summed E-state index contributed by atoms with van der Waals surface area (Å²) in [6, 6.07) is 0.584. The smallest absolute Gasteiger partial charge is 0.0926 e. The van der Waals surface area contributed by atoms with E-state index in [9.17, 15) is 0 Å². The molecular formula is C13H23N3OS. The Bertz CT molecular complexity index is 350. The molecule has 0 radical (unpaired) electrons. The van der Waals surface area contributed by atoms with Crippen LogP contribution in [-0.4, -0.2) is 47.3 Å². The second-order valence-electron chi connectivity index (χ2n) is 4.84. The van der Waals surface area contributed by atoms with Gasteiger partial charge in [0, 0.05) is 31.1 Å². The normalized spacial score (nSPS) is 19.8. The number of aliphatic hydroxyl groups excluding tert-OH is 1. The van der Waals surface area contributed by atoms with Crippen LogP contribution in [-0.2, 0) is 13.0 Å². The Morgan fingerprint density at radius 3 is 3.11 bits per heavy atom. The van der Waals surface area contributed by atoms with Crippen molar-refractivity contribution in [1.82, 2.24) is 15.2 Å². The summed E-state index contributed by atoms with van der Waals surface area (Å²) in [7, 11) is 0. The molecule has 0 aromatic carbocycles. The minimum absolute atomic E-state index is 0.220. The van der Waals surface area contributed by atoms with Gasteiger partial charge in [0.15, 0.2) is 0 Å². The Labute approximate surface area is 113 Å². The van der Waals surface area contributed by atoms with Crippen molar-refractivity contribution in [3.05, 3.63) is 16.1 Å². The highest BCUT2D eigenvalue weighted by molar-refractivity contribution is 7.09. The van der Waals surface area contributed by atoms with Gasteiger partial charge in [0.1, 0.15) is 0 Å². The number of nitrogens with one attached hydrogen (secondary N) is 1. The average Bonchev–Trinajstić information content (AvgIpc) is 3.00. The summed E-state index contributed by atoms with van der Waals surface area (Å²) in [5.41, 5.74) is 1.14. The molecule has 1 aliphatic rings. The van der Waals surface area contributed by atoms with Crippen molar-refractivity contribution in [2.75, 3.05) is 26.2 Å². The number of hydrogen-bond acceptors (Lipinski definition) is 5. The molecule has 1 aromatic rings. The summed E-state index contributed by atoms with van der Waals surface area (Å²) in [5, 5.41) is 16.0. The van der Waals surface area contributed by atoms with Crippen molar-refractivity contribution in [2.24, 2.45) is 0 Å². The van der Waals surface area contributed by atoms with Crippen LogP contribution in [0.3, 0.4) is 0 Å². The summed E-state index contributed by atoms with van der Waals surface area (Å²) in [6.45, 7) is 6.09. The molecule has 1 unspecified atom stereocenters. The molecule has 0 aliphatic carbocycles. The molecule has 2 heterocycles. The molecule has 2 N–H and O–H groups in total. The van der Waals surface area contributed by atoms with Gasteiger partial charge in [0.25, 0.3) is 0 Å². The van der Waals surface area contributed by atoms with Gasteiger partial charge in [0.2, 0.25) is 0 Å². The highest BCUT2D eigenvalue weighted by Crippen LogP contribution is 2.14. The molecule has 0 saturated carbocycles. The fourth-order valence-corrected chi connectivity index (χ4v) is 3.15. The molecule has 0 bridgehead atoms. The summed E-state index contributed by atoms with van der Waals surface area (Å²) >= 11 is 1.74. The van der Waals surface area contributed by atoms with E-state index in [0.29, 0.717) is 6.04 Å². The lowest BCUT2D eigenvalue weighted by Gasteiger charge is -2.24. The minimum atomic E-state index is 0.220. The maximum atomic E-state index is 9.16. The Hall–Kier alpha value is -0.490. The summed E-state index contributed by atoms with van der Waals surface area (Å²) < 4.78 is 0. The summed E-state index contributed by atoms with van der Waals surface area (Å²) in [6.07, 6.45) is 3.53. The third kappa shape index (κ3) is 4.02. The highest BCUT2D eigenvalue weighted by Gasteiger charge is 2.18. The van der Waals surface area contributed by atoms with Gasteiger partial charge in [-0.05, 0) is 25.8 Å². The maximum Gasteiger partial charge on any atom is 0.0926 e. The second kappa shape index (κ2) is 7.19. The second-order valence-corrected chi connectivity index (χ2v) is 5.78. The Kier molecular flexibility index (Phi) is 5.56. The molecular weight excluding hydrogens is 246 g/mol. The van der Waals surface area contributed by atoms with E-state index in [1.807, 2.05) is 0 Å². The number of aryl methyl sites for hydroxylation is 1. The van der Waals surface area contributed by atoms with E-state index in [1.165, 1.54) is 17.8 Å². The molecule has 1 fully saturated rings. The van der Waals surface area contributed by atoms with Crippen molar-refractivity contribution in [2.45, 2.75) is 38.8 Å². The van der Waals surface area contributed by atoms with Crippen molar-refractivity contribution in [3.8, 4) is 0 Å². The van der Waals surface area contributed by atoms with Crippen LogP contribution in [0.4, 0.5) is 0 Å². The van der Waals surface area contributed by atoms with Gasteiger partial charge >= 0.3 is 0 Å². The topological polar surface area (TPSA) is 48.4 Å². The van der Waals surface area contributed by atoms with Gasteiger partial charge in [0.05, 0.1) is 17.3 Å². The fraction of sp³-hybridized carbons (Fsp3) is 0.769. The van der Waals surface area contributed by atoms with E-state index in [-0.39, 0.29) is 6.61 Å². The lowest BCUT2D eigenvalue weighted by Crippen LogP contribution is -2.38. The fourth-order valence-electron chi connectivity index (χ4n) is 2.41. The van der Waals surface area contributed by atoms with Crippen LogP contribution in [0.2, 0.25) is 0 Å². The first-order chi connectivity index (χ1) is 8.81. The zero-order valence-electron chi connectivity index (χ0n) is 11.1. The van der Waals surface area contributed by atoms with E-state index in [4.69, 9.17) is 5.11 Å². The lowest BCUT2D eigenvalue weighted by molar-refractivity contribution is 0.178. The van der Waals surface area contributed by atoms with Gasteiger partial charge in [-0.1, -0.05) is 6.92 Å². The molecule has 4 nitrogen and oxygen atoms in total. The van der Waals surface area contributed by atoms with Gasteiger partial charge in [-0.15, -0.1) is 11.3 Å². The maximum absolute atomic E-state index is 9.16. The number of aromatic nitrogens is 1. The lowest BCUT2D eigenvalue weighted by atomic mass is 10.2. The van der Waals surface area contributed by atoms with E-state index >= 15 is 0 Å². The molecule has 102 valence electrons. The molecule has 1 aromatic heterocycles. The first kappa shape index (κ1) is 13.9. The summed E-state index contributed by atoms with van der Waals surface area (Å²) in [4.78, 5) is 6.90. The van der Waals surface area contributed by atoms with Gasteiger partial charge in [-0.3, -0.25) is 4.90 Å². The van der Waals surface area contributed by atoms with E-state index < -0.39 is 0 Å². The van der Waals surface area contributed by atoms with E-state index in [0.717, 1.165) is 38.3 Å². The number of rotatable bonds is 7. The molecule has 1 saturated heterocycles. The van der Waals surface area contributed by atoms with Crippen LogP contribution in [0.5, 0.6) is 0 Å². The van der Waals surface area contributed by atoms with Crippen LogP contribution in [0.15, 0.2) is 5.38 Å². The Morgan fingerprint density at radius 1 is 1.61 bits per heavy atom. The van der Waals surface area contributed by atoms with Crippen LogP contribution in [0.25, 0.3) is 0 Å². The van der Waals surface area contributed by atoms with Crippen LogP contribution < -0.4 is 5.32 Å². The van der Waals surface area contributed by atoms with Crippen LogP contribution in [0.1, 0.15) is 30.5 Å². The molecule has 2 rings (SSSR count). The zero-order chi connectivity index (χ0) is 12.8. The molecule has 0 spiro atoms. The highest BCUT2D eigenvalue weighted by atomic mass is 32.1. The third-order valence-corrected chi connectivity index (χ3v) is 4.39. The quantitative estimate of drug-likeness (QED) is 0.782. The van der Waals surface area contributed by atoms with Crippen LogP contribution >= 0.6 is 11.3 Å². The van der Waals surface area contributed by atoms with Gasteiger partial charge in [-0.25, -0.2) is 4.98 Å². The third-order valence-electron chi connectivity index (χ3n) is 3.34. The minimum Gasteiger partial charge on any atom is -0.395 e. The molecule has 18 heavy (non-hydrogen) atoms. The predicted octanol–water partition coefficient (Wildman–Crippen LogP) is 1.25. The molecule has 0 amide bonds. The van der Waals surface area contributed by atoms with Gasteiger partial charge < -0.3 is 10.4 Å². The largest absolute Gasteiger partial charge is 0.395 e. The van der Waals surface area contributed by atoms with Crippen LogP contribution in [0, 0.1) is 0 Å². The van der Waals surface area contributed by atoms with Gasteiger partial charge in [-0.2, -0.15) is 0 Å². The standard InChI is InChI=1S/C13H23N3OS/c1-2-13-15-12(10-18-13)9-16(6-7-17)8-11-4-3-5-14-11/h10-11,14,17H,2-9H2,1H3. The number of nitrogens with zero attached hydrogens (tertiary/aromatic N) is 2. The molecule has 1 atom stereocenters. The average molecular weight is 269 g/mol. The monoisotopic (exact) mass is 269 g/mol. The first-order valence-electron chi connectivity index (χ1n) is 6.81. The van der Waals surface area contributed by atoms with Crippen molar-refractivity contribution >= 4 is 11.3 Å². The summed E-state index contributed by atoms with van der Waals surface area (Å²) in [5.74, 6) is 0. The molecule has 5 heteroatoms.